The van der Waals surface area contributed by atoms with Gasteiger partial charge in [0.25, 0.3) is 10.0 Å². The van der Waals surface area contributed by atoms with Gasteiger partial charge in [-0.3, -0.25) is 14.5 Å². The minimum absolute atomic E-state index is 0.0872. The van der Waals surface area contributed by atoms with Gasteiger partial charge in [-0.15, -0.1) is 0 Å². The van der Waals surface area contributed by atoms with E-state index < -0.39 is 10.0 Å². The summed E-state index contributed by atoms with van der Waals surface area (Å²) in [6.07, 6.45) is 6.54. The first-order chi connectivity index (χ1) is 15.0. The standard InChI is InChI=1S/C23H23N3O4S/c27-23(12-17-14-30-21-11-16-5-1-4-15(16)10-20(17)21)25-18-6-2-7-19(13-18)31(28,29)26-22-8-3-9-24-22/h2,6-7,10-11,13-14H,1,3-5,8-9,12H2,(H,24,26)(H,25,27). The molecule has 31 heavy (non-hydrogen) atoms. The number of sulfonamides is 1. The number of hydrogen-bond acceptors (Lipinski definition) is 5. The molecule has 160 valence electrons. The van der Waals surface area contributed by atoms with Gasteiger partial charge in [0.05, 0.1) is 17.6 Å². The Morgan fingerprint density at radius 1 is 1.06 bits per heavy atom. The highest BCUT2D eigenvalue weighted by Gasteiger charge is 2.20. The second kappa shape index (κ2) is 7.85. The maximum atomic E-state index is 12.7. The molecule has 1 aliphatic carbocycles. The molecule has 1 aliphatic heterocycles. The molecule has 2 aliphatic rings. The average molecular weight is 438 g/mol. The number of aryl methyl sites for hydroxylation is 2. The van der Waals surface area contributed by atoms with Crippen LogP contribution in [0.4, 0.5) is 5.69 Å². The van der Waals surface area contributed by atoms with Crippen LogP contribution in [0.2, 0.25) is 0 Å². The zero-order valence-electron chi connectivity index (χ0n) is 17.0. The van der Waals surface area contributed by atoms with Crippen molar-refractivity contribution in [3.8, 4) is 0 Å². The van der Waals surface area contributed by atoms with Crippen molar-refractivity contribution in [1.82, 2.24) is 4.72 Å². The monoisotopic (exact) mass is 437 g/mol. The van der Waals surface area contributed by atoms with Gasteiger partial charge in [0.1, 0.15) is 11.4 Å². The number of aliphatic imine (C=N–C) groups is 1. The van der Waals surface area contributed by atoms with Crippen molar-refractivity contribution in [2.75, 3.05) is 11.9 Å². The molecule has 1 aromatic heterocycles. The first-order valence-corrected chi connectivity index (χ1v) is 11.9. The Balaban J connectivity index is 1.31. The Hall–Kier alpha value is -3.13. The van der Waals surface area contributed by atoms with Crippen molar-refractivity contribution in [2.24, 2.45) is 4.99 Å². The predicted molar refractivity (Wildman–Crippen MR) is 119 cm³/mol. The van der Waals surface area contributed by atoms with Gasteiger partial charge in [0.2, 0.25) is 5.91 Å². The van der Waals surface area contributed by atoms with Gasteiger partial charge >= 0.3 is 0 Å². The molecule has 2 heterocycles. The van der Waals surface area contributed by atoms with Crippen molar-refractivity contribution in [3.63, 3.8) is 0 Å². The maximum absolute atomic E-state index is 12.7. The molecule has 2 aromatic carbocycles. The molecule has 0 fully saturated rings. The van der Waals surface area contributed by atoms with Crippen molar-refractivity contribution in [1.29, 1.82) is 0 Å². The quantitative estimate of drug-likeness (QED) is 0.637. The summed E-state index contributed by atoms with van der Waals surface area (Å²) >= 11 is 0. The van der Waals surface area contributed by atoms with Gasteiger partial charge in [-0.25, -0.2) is 8.42 Å². The minimum Gasteiger partial charge on any atom is -0.464 e. The van der Waals surface area contributed by atoms with Crippen LogP contribution < -0.4 is 10.0 Å². The third-order valence-corrected chi connectivity index (χ3v) is 7.15. The molecule has 0 spiro atoms. The smallest absolute Gasteiger partial charge is 0.262 e. The van der Waals surface area contributed by atoms with Crippen LogP contribution in [0.25, 0.3) is 11.0 Å². The minimum atomic E-state index is -3.73. The molecule has 2 N–H and O–H groups in total. The number of carbonyl (C=O) groups is 1. The van der Waals surface area contributed by atoms with E-state index in [2.05, 4.69) is 27.2 Å². The van der Waals surface area contributed by atoms with Gasteiger partial charge in [-0.1, -0.05) is 6.07 Å². The summed E-state index contributed by atoms with van der Waals surface area (Å²) in [7, 11) is -3.73. The fraction of sp³-hybridized carbons (Fsp3) is 0.304. The van der Waals surface area contributed by atoms with Gasteiger partial charge in [-0.2, -0.15) is 0 Å². The highest BCUT2D eigenvalue weighted by molar-refractivity contribution is 7.90. The first-order valence-electron chi connectivity index (χ1n) is 10.5. The SMILES string of the molecule is O=C(Cc1coc2cc3c(cc12)CCC3)Nc1cccc(S(=O)(=O)NC2=NCCC2)c1. The molecule has 1 amide bonds. The molecule has 0 radical (unpaired) electrons. The van der Waals surface area contributed by atoms with Crippen molar-refractivity contribution in [3.05, 3.63) is 59.4 Å². The van der Waals surface area contributed by atoms with E-state index in [0.717, 1.165) is 42.2 Å². The highest BCUT2D eigenvalue weighted by atomic mass is 32.2. The van der Waals surface area contributed by atoms with E-state index in [9.17, 15) is 13.2 Å². The lowest BCUT2D eigenvalue weighted by Gasteiger charge is -2.10. The summed E-state index contributed by atoms with van der Waals surface area (Å²) < 4.78 is 33.4. The van der Waals surface area contributed by atoms with E-state index in [1.54, 1.807) is 18.4 Å². The number of carbonyl (C=O) groups excluding carboxylic acids is 1. The number of amides is 1. The second-order valence-electron chi connectivity index (χ2n) is 8.02. The van der Waals surface area contributed by atoms with Crippen molar-refractivity contribution in [2.45, 2.75) is 43.4 Å². The van der Waals surface area contributed by atoms with E-state index in [-0.39, 0.29) is 17.2 Å². The molecule has 0 bridgehead atoms. The number of benzene rings is 2. The Kier molecular flexibility index (Phi) is 5.02. The fourth-order valence-corrected chi connectivity index (χ4v) is 5.38. The molecule has 8 heteroatoms. The second-order valence-corrected chi connectivity index (χ2v) is 9.70. The number of nitrogens with one attached hydrogen (secondary N) is 2. The number of amidine groups is 1. The number of nitrogens with zero attached hydrogens (tertiary/aromatic N) is 1. The van der Waals surface area contributed by atoms with E-state index in [1.165, 1.54) is 23.3 Å². The lowest BCUT2D eigenvalue weighted by atomic mass is 10.0. The van der Waals surface area contributed by atoms with Crippen LogP contribution in [0.3, 0.4) is 0 Å². The van der Waals surface area contributed by atoms with E-state index in [1.807, 2.05) is 0 Å². The average Bonchev–Trinajstić information content (AvgIpc) is 3.48. The largest absolute Gasteiger partial charge is 0.464 e. The number of rotatable bonds is 5. The lowest BCUT2D eigenvalue weighted by Crippen LogP contribution is -2.29. The van der Waals surface area contributed by atoms with Crippen molar-refractivity contribution >= 4 is 38.4 Å². The fourth-order valence-electron chi connectivity index (χ4n) is 4.24. The molecule has 0 saturated heterocycles. The zero-order valence-corrected chi connectivity index (χ0v) is 17.8. The molecule has 0 atom stereocenters. The number of furan rings is 1. The highest BCUT2D eigenvalue weighted by Crippen LogP contribution is 2.30. The van der Waals surface area contributed by atoms with Crippen LogP contribution in [0.1, 0.15) is 36.0 Å². The summed E-state index contributed by atoms with van der Waals surface area (Å²) in [6.45, 7) is 0.638. The van der Waals surface area contributed by atoms with Crippen LogP contribution in [0, 0.1) is 0 Å². The van der Waals surface area contributed by atoms with Crippen LogP contribution in [0.5, 0.6) is 0 Å². The Labute approximate surface area is 180 Å². The van der Waals surface area contributed by atoms with E-state index >= 15 is 0 Å². The van der Waals surface area contributed by atoms with Gasteiger partial charge in [0.15, 0.2) is 0 Å². The van der Waals surface area contributed by atoms with Crippen LogP contribution in [-0.4, -0.2) is 26.7 Å². The zero-order chi connectivity index (χ0) is 21.4. The Bertz CT molecular complexity index is 1310. The predicted octanol–water partition coefficient (Wildman–Crippen LogP) is 3.57. The van der Waals surface area contributed by atoms with Crippen LogP contribution in [-0.2, 0) is 34.1 Å². The summed E-state index contributed by atoms with van der Waals surface area (Å²) in [4.78, 5) is 16.9. The number of fused-ring (bicyclic) bond motifs is 2. The van der Waals surface area contributed by atoms with Crippen molar-refractivity contribution < 1.29 is 17.6 Å². The number of anilines is 1. The normalized spacial score (nSPS) is 15.7. The van der Waals surface area contributed by atoms with Crippen LogP contribution >= 0.6 is 0 Å². The lowest BCUT2D eigenvalue weighted by molar-refractivity contribution is -0.115. The molecular formula is C23H23N3O4S. The van der Waals surface area contributed by atoms with Crippen LogP contribution in [0.15, 0.2) is 57.0 Å². The molecule has 7 nitrogen and oxygen atoms in total. The maximum Gasteiger partial charge on any atom is 0.262 e. The van der Waals surface area contributed by atoms with E-state index in [0.29, 0.717) is 24.5 Å². The Morgan fingerprint density at radius 2 is 1.90 bits per heavy atom. The summed E-state index contributed by atoms with van der Waals surface area (Å²) in [5.41, 5.74) is 4.71. The Morgan fingerprint density at radius 3 is 2.71 bits per heavy atom. The molecular weight excluding hydrogens is 414 g/mol. The topological polar surface area (TPSA) is 101 Å². The number of hydrogen-bond donors (Lipinski definition) is 2. The molecule has 0 unspecified atom stereocenters. The van der Waals surface area contributed by atoms with Gasteiger partial charge in [0, 0.05) is 29.6 Å². The first kappa shape index (κ1) is 19.8. The summed E-state index contributed by atoms with van der Waals surface area (Å²) in [5.74, 6) is 0.249. The molecule has 3 aromatic rings. The summed E-state index contributed by atoms with van der Waals surface area (Å²) in [6, 6.07) is 10.4. The molecule has 0 saturated carbocycles. The van der Waals surface area contributed by atoms with E-state index in [4.69, 9.17) is 4.42 Å². The van der Waals surface area contributed by atoms with Gasteiger partial charge < -0.3 is 9.73 Å². The third kappa shape index (κ3) is 4.07. The third-order valence-electron chi connectivity index (χ3n) is 5.77. The van der Waals surface area contributed by atoms with Gasteiger partial charge in [-0.05, 0) is 67.1 Å². The summed E-state index contributed by atoms with van der Waals surface area (Å²) in [5, 5.41) is 3.77. The molecule has 5 rings (SSSR count).